The van der Waals surface area contributed by atoms with E-state index in [4.69, 9.17) is 4.98 Å². The second-order valence-electron chi connectivity index (χ2n) is 9.65. The third kappa shape index (κ3) is 5.14. The minimum atomic E-state index is 0.0212. The van der Waals surface area contributed by atoms with Gasteiger partial charge in [-0.05, 0) is 46.7 Å². The lowest BCUT2D eigenvalue weighted by molar-refractivity contribution is 0.567. The van der Waals surface area contributed by atoms with Crippen molar-refractivity contribution in [3.63, 3.8) is 0 Å². The molecule has 1 aliphatic rings. The number of hydrogen-bond donors (Lipinski definition) is 1. The summed E-state index contributed by atoms with van der Waals surface area (Å²) in [7, 11) is 0. The van der Waals surface area contributed by atoms with Crippen molar-refractivity contribution in [3.05, 3.63) is 83.1 Å². The standard InChI is InChI=1S/C26H31BrN4.C2H4/c1-16(2)18-7-9-19(10-8-18)30-24-25(29-12-11-28-24)31-15-26(5,6)21-13-20(17(3)4)22(27)14-23(21)31;1-2/h7-14,16-17H,15H2,1-6H3,(H,28,30);1-2H2. The van der Waals surface area contributed by atoms with E-state index < -0.39 is 0 Å². The zero-order valence-electron chi connectivity index (χ0n) is 20.6. The Balaban J connectivity index is 0.00000149. The number of aromatic nitrogens is 2. The first-order valence-electron chi connectivity index (χ1n) is 11.5. The van der Waals surface area contributed by atoms with E-state index in [1.807, 2.05) is 0 Å². The maximum absolute atomic E-state index is 4.74. The zero-order chi connectivity index (χ0) is 24.3. The molecule has 0 fully saturated rings. The van der Waals surface area contributed by atoms with Crippen molar-refractivity contribution in [1.82, 2.24) is 9.97 Å². The van der Waals surface area contributed by atoms with Crippen LogP contribution in [0.25, 0.3) is 0 Å². The molecule has 0 aliphatic carbocycles. The van der Waals surface area contributed by atoms with Crippen molar-refractivity contribution in [2.24, 2.45) is 0 Å². The van der Waals surface area contributed by atoms with E-state index in [0.717, 1.165) is 28.3 Å². The van der Waals surface area contributed by atoms with E-state index in [9.17, 15) is 0 Å². The van der Waals surface area contributed by atoms with Crippen LogP contribution < -0.4 is 10.2 Å². The summed E-state index contributed by atoms with van der Waals surface area (Å²) in [4.78, 5) is 11.7. The van der Waals surface area contributed by atoms with Crippen LogP contribution in [0.2, 0.25) is 0 Å². The molecule has 1 aromatic heterocycles. The highest BCUT2D eigenvalue weighted by molar-refractivity contribution is 9.10. The predicted octanol–water partition coefficient (Wildman–Crippen LogP) is 8.46. The van der Waals surface area contributed by atoms with E-state index in [2.05, 4.69) is 122 Å². The number of benzene rings is 2. The van der Waals surface area contributed by atoms with Gasteiger partial charge in [0.15, 0.2) is 11.6 Å². The quantitative estimate of drug-likeness (QED) is 0.352. The summed E-state index contributed by atoms with van der Waals surface area (Å²) < 4.78 is 1.15. The van der Waals surface area contributed by atoms with Gasteiger partial charge in [0, 0.05) is 40.2 Å². The van der Waals surface area contributed by atoms with Gasteiger partial charge in [-0.3, -0.25) is 0 Å². The first kappa shape index (κ1) is 25.0. The van der Waals surface area contributed by atoms with E-state index in [1.165, 1.54) is 22.4 Å². The third-order valence-electron chi connectivity index (χ3n) is 6.09. The van der Waals surface area contributed by atoms with Gasteiger partial charge in [-0.15, -0.1) is 13.2 Å². The van der Waals surface area contributed by atoms with Crippen LogP contribution >= 0.6 is 15.9 Å². The molecule has 0 bridgehead atoms. The SMILES string of the molecule is C=C.CC(C)c1ccc(Nc2nccnc2N2CC(C)(C)c3cc(C(C)C)c(Br)cc32)cc1. The summed E-state index contributed by atoms with van der Waals surface area (Å²) in [6.45, 7) is 20.4. The van der Waals surface area contributed by atoms with Crippen LogP contribution in [0.4, 0.5) is 23.0 Å². The lowest BCUT2D eigenvalue weighted by Crippen LogP contribution is -2.26. The molecule has 174 valence electrons. The molecule has 1 N–H and O–H groups in total. The Kier molecular flexibility index (Phi) is 7.63. The Bertz CT molecular complexity index is 1100. The number of halogens is 1. The highest BCUT2D eigenvalue weighted by Crippen LogP contribution is 2.48. The summed E-state index contributed by atoms with van der Waals surface area (Å²) in [6, 6.07) is 13.2. The van der Waals surface area contributed by atoms with Crippen LogP contribution in [0.5, 0.6) is 0 Å². The first-order valence-corrected chi connectivity index (χ1v) is 12.3. The first-order chi connectivity index (χ1) is 15.7. The monoisotopic (exact) mass is 506 g/mol. The highest BCUT2D eigenvalue weighted by Gasteiger charge is 2.38. The number of nitrogens with one attached hydrogen (secondary N) is 1. The number of nitrogens with zero attached hydrogens (tertiary/aromatic N) is 3. The Labute approximate surface area is 207 Å². The third-order valence-corrected chi connectivity index (χ3v) is 6.77. The van der Waals surface area contributed by atoms with Gasteiger partial charge in [0.1, 0.15) is 0 Å². The Morgan fingerprint density at radius 3 is 2.21 bits per heavy atom. The van der Waals surface area contributed by atoms with Crippen LogP contribution in [0.1, 0.15) is 70.1 Å². The van der Waals surface area contributed by atoms with Gasteiger partial charge in [-0.1, -0.05) is 75.7 Å². The fraction of sp³-hybridized carbons (Fsp3) is 0.357. The average Bonchev–Trinajstić information content (AvgIpc) is 3.05. The maximum Gasteiger partial charge on any atom is 0.176 e. The summed E-state index contributed by atoms with van der Waals surface area (Å²) in [6.07, 6.45) is 3.51. The van der Waals surface area contributed by atoms with Gasteiger partial charge in [0.25, 0.3) is 0 Å². The molecule has 0 unspecified atom stereocenters. The summed E-state index contributed by atoms with van der Waals surface area (Å²) in [5, 5.41) is 3.49. The largest absolute Gasteiger partial charge is 0.337 e. The van der Waals surface area contributed by atoms with Crippen molar-refractivity contribution in [2.75, 3.05) is 16.8 Å². The van der Waals surface area contributed by atoms with Gasteiger partial charge < -0.3 is 10.2 Å². The summed E-state index contributed by atoms with van der Waals surface area (Å²) >= 11 is 3.80. The average molecular weight is 508 g/mol. The fourth-order valence-corrected chi connectivity index (χ4v) is 5.04. The Morgan fingerprint density at radius 1 is 0.970 bits per heavy atom. The molecule has 2 heterocycles. The zero-order valence-corrected chi connectivity index (χ0v) is 22.2. The van der Waals surface area contributed by atoms with Crippen molar-refractivity contribution in [1.29, 1.82) is 0 Å². The van der Waals surface area contributed by atoms with Crippen LogP contribution in [0.3, 0.4) is 0 Å². The number of hydrogen-bond acceptors (Lipinski definition) is 4. The molecule has 0 radical (unpaired) electrons. The molecule has 4 nitrogen and oxygen atoms in total. The lowest BCUT2D eigenvalue weighted by Gasteiger charge is -2.23. The predicted molar refractivity (Wildman–Crippen MR) is 145 cm³/mol. The van der Waals surface area contributed by atoms with Crippen molar-refractivity contribution < 1.29 is 0 Å². The highest BCUT2D eigenvalue weighted by atomic mass is 79.9. The molecular weight excluding hydrogens is 472 g/mol. The van der Waals surface area contributed by atoms with Crippen LogP contribution in [-0.2, 0) is 5.41 Å². The summed E-state index contributed by atoms with van der Waals surface area (Å²) in [5.41, 5.74) is 6.26. The van der Waals surface area contributed by atoms with Gasteiger partial charge in [0.05, 0.1) is 0 Å². The fourth-order valence-electron chi connectivity index (χ4n) is 4.25. The summed E-state index contributed by atoms with van der Waals surface area (Å²) in [5.74, 6) is 2.60. The van der Waals surface area contributed by atoms with Gasteiger partial charge in [0.2, 0.25) is 0 Å². The Morgan fingerprint density at radius 2 is 1.61 bits per heavy atom. The minimum absolute atomic E-state index is 0.0212. The molecule has 0 saturated carbocycles. The molecule has 0 amide bonds. The number of anilines is 4. The molecule has 3 aromatic rings. The molecule has 33 heavy (non-hydrogen) atoms. The van der Waals surface area contributed by atoms with Gasteiger partial charge in [-0.25, -0.2) is 9.97 Å². The van der Waals surface area contributed by atoms with Crippen molar-refractivity contribution in [2.45, 2.75) is 58.8 Å². The van der Waals surface area contributed by atoms with E-state index >= 15 is 0 Å². The van der Waals surface area contributed by atoms with Crippen molar-refractivity contribution in [3.8, 4) is 0 Å². The van der Waals surface area contributed by atoms with Gasteiger partial charge >= 0.3 is 0 Å². The molecule has 0 atom stereocenters. The lowest BCUT2D eigenvalue weighted by atomic mass is 9.85. The van der Waals surface area contributed by atoms with Gasteiger partial charge in [-0.2, -0.15) is 0 Å². The second-order valence-corrected chi connectivity index (χ2v) is 10.5. The maximum atomic E-state index is 4.74. The van der Waals surface area contributed by atoms with Crippen LogP contribution in [0.15, 0.2) is 66.4 Å². The second kappa shape index (κ2) is 10.1. The molecule has 0 spiro atoms. The van der Waals surface area contributed by atoms with E-state index in [0.29, 0.717) is 11.8 Å². The Hall–Kier alpha value is -2.66. The molecule has 1 aliphatic heterocycles. The van der Waals surface area contributed by atoms with Crippen LogP contribution in [-0.4, -0.2) is 16.5 Å². The minimum Gasteiger partial charge on any atom is -0.337 e. The molecule has 0 saturated heterocycles. The van der Waals surface area contributed by atoms with E-state index in [-0.39, 0.29) is 5.41 Å². The van der Waals surface area contributed by atoms with Crippen molar-refractivity contribution >= 4 is 38.9 Å². The molecule has 2 aromatic carbocycles. The smallest absolute Gasteiger partial charge is 0.176 e. The molecule has 5 heteroatoms. The van der Waals surface area contributed by atoms with E-state index in [1.54, 1.807) is 12.4 Å². The molecule has 4 rings (SSSR count). The number of fused-ring (bicyclic) bond motifs is 1. The molecular formula is C28H35BrN4. The topological polar surface area (TPSA) is 41.1 Å². The number of rotatable bonds is 5. The normalized spacial score (nSPS) is 14.2. The van der Waals surface area contributed by atoms with Crippen LogP contribution in [0, 0.1) is 0 Å².